The number of anilines is 1. The second-order valence-corrected chi connectivity index (χ2v) is 3.31. The lowest BCUT2D eigenvalue weighted by molar-refractivity contribution is -0.146. The highest BCUT2D eigenvalue weighted by molar-refractivity contribution is 5.89. The first kappa shape index (κ1) is 13.8. The molecule has 4 N–H and O–H groups in total. The van der Waals surface area contributed by atoms with Crippen molar-refractivity contribution < 1.29 is 28.6 Å². The summed E-state index contributed by atoms with van der Waals surface area (Å²) in [6.07, 6.45) is -1.77. The zero-order valence-corrected chi connectivity index (χ0v) is 8.98. The highest BCUT2D eigenvalue weighted by atomic mass is 19.1. The van der Waals surface area contributed by atoms with Crippen molar-refractivity contribution in [3.8, 4) is 0 Å². The quantitative estimate of drug-likeness (QED) is 0.634. The van der Waals surface area contributed by atoms with E-state index in [-0.39, 0.29) is 0 Å². The number of aliphatic hydroxyl groups is 1. The van der Waals surface area contributed by atoms with Gasteiger partial charge in [-0.25, -0.2) is 18.4 Å². The lowest BCUT2D eigenvalue weighted by Crippen LogP contribution is -2.38. The largest absolute Gasteiger partial charge is 0.479 e. The van der Waals surface area contributed by atoms with Crippen molar-refractivity contribution in [1.82, 2.24) is 5.32 Å². The lowest BCUT2D eigenvalue weighted by Gasteiger charge is -2.09. The number of aliphatic hydroxyl groups excluding tert-OH is 1. The molecule has 0 fully saturated rings. The molecule has 0 aliphatic heterocycles. The summed E-state index contributed by atoms with van der Waals surface area (Å²) in [5.74, 6) is -3.09. The summed E-state index contributed by atoms with van der Waals surface area (Å²) in [5.41, 5.74) is -0.391. The first-order valence-electron chi connectivity index (χ1n) is 4.81. The van der Waals surface area contributed by atoms with Crippen LogP contribution in [0.2, 0.25) is 0 Å². The standard InChI is InChI=1S/C10H10F2N2O4/c11-5-1-2-6(12)7(3-5)14-10(18)13-4-8(15)9(16)17/h1-3,8,15H,4H2,(H,16,17)(H2,13,14,18). The predicted octanol–water partition coefficient (Wildman–Crippen LogP) is 0.532. The Morgan fingerprint density at radius 3 is 2.61 bits per heavy atom. The number of halogens is 2. The van der Waals surface area contributed by atoms with Crippen LogP contribution in [-0.4, -0.2) is 34.9 Å². The van der Waals surface area contributed by atoms with Crippen LogP contribution in [0.5, 0.6) is 0 Å². The van der Waals surface area contributed by atoms with Crippen LogP contribution in [-0.2, 0) is 4.79 Å². The molecule has 0 aromatic heterocycles. The highest BCUT2D eigenvalue weighted by Gasteiger charge is 2.14. The van der Waals surface area contributed by atoms with E-state index in [1.165, 1.54) is 0 Å². The van der Waals surface area contributed by atoms with E-state index in [9.17, 15) is 18.4 Å². The molecule has 0 saturated heterocycles. The summed E-state index contributed by atoms with van der Waals surface area (Å²) in [6, 6.07) is 1.52. The molecule has 1 aromatic rings. The van der Waals surface area contributed by atoms with Crippen molar-refractivity contribution in [2.45, 2.75) is 6.10 Å². The Labute approximate surface area is 100 Å². The minimum Gasteiger partial charge on any atom is -0.479 e. The summed E-state index contributed by atoms with van der Waals surface area (Å²) in [5, 5.41) is 21.2. The van der Waals surface area contributed by atoms with Gasteiger partial charge in [0.25, 0.3) is 0 Å². The maximum atomic E-state index is 13.1. The van der Waals surface area contributed by atoms with Gasteiger partial charge in [0.15, 0.2) is 6.10 Å². The van der Waals surface area contributed by atoms with Crippen molar-refractivity contribution in [2.24, 2.45) is 0 Å². The van der Waals surface area contributed by atoms with Crippen molar-refractivity contribution in [3.05, 3.63) is 29.8 Å². The van der Waals surface area contributed by atoms with Crippen molar-refractivity contribution >= 4 is 17.7 Å². The number of carbonyl (C=O) groups excluding carboxylic acids is 1. The Morgan fingerprint density at radius 2 is 2.00 bits per heavy atom. The van der Waals surface area contributed by atoms with Crippen LogP contribution in [0.4, 0.5) is 19.3 Å². The van der Waals surface area contributed by atoms with Crippen LogP contribution in [0, 0.1) is 11.6 Å². The fourth-order valence-corrected chi connectivity index (χ4v) is 1.04. The third kappa shape index (κ3) is 3.98. The molecule has 0 aliphatic rings. The van der Waals surface area contributed by atoms with Gasteiger partial charge in [-0.05, 0) is 12.1 Å². The van der Waals surface area contributed by atoms with Crippen LogP contribution in [0.1, 0.15) is 0 Å². The predicted molar refractivity (Wildman–Crippen MR) is 57.0 cm³/mol. The SMILES string of the molecule is O=C(NCC(O)C(=O)O)Nc1cc(F)ccc1F. The van der Waals surface area contributed by atoms with Gasteiger partial charge in [-0.3, -0.25) is 0 Å². The fourth-order valence-electron chi connectivity index (χ4n) is 1.04. The van der Waals surface area contributed by atoms with Gasteiger partial charge in [0.2, 0.25) is 0 Å². The summed E-state index contributed by atoms with van der Waals surface area (Å²) in [6.45, 7) is -0.557. The zero-order chi connectivity index (χ0) is 13.7. The fraction of sp³-hybridized carbons (Fsp3) is 0.200. The minimum absolute atomic E-state index is 0.391. The van der Waals surface area contributed by atoms with Crippen LogP contribution in [0.15, 0.2) is 18.2 Å². The first-order valence-corrected chi connectivity index (χ1v) is 4.81. The number of carboxylic acids is 1. The molecular formula is C10H10F2N2O4. The summed E-state index contributed by atoms with van der Waals surface area (Å²) < 4.78 is 25.9. The highest BCUT2D eigenvalue weighted by Crippen LogP contribution is 2.14. The Kier molecular flexibility index (Phi) is 4.55. The molecule has 1 aromatic carbocycles. The molecule has 0 saturated carbocycles. The van der Waals surface area contributed by atoms with Crippen LogP contribution in [0.3, 0.4) is 0 Å². The third-order valence-electron chi connectivity index (χ3n) is 1.92. The van der Waals surface area contributed by atoms with E-state index in [2.05, 4.69) is 0 Å². The van der Waals surface area contributed by atoms with Crippen LogP contribution in [0.25, 0.3) is 0 Å². The lowest BCUT2D eigenvalue weighted by atomic mass is 10.3. The van der Waals surface area contributed by atoms with E-state index >= 15 is 0 Å². The number of carboxylic acid groups (broad SMARTS) is 1. The van der Waals surface area contributed by atoms with E-state index in [0.29, 0.717) is 0 Å². The zero-order valence-electron chi connectivity index (χ0n) is 8.98. The molecule has 0 bridgehead atoms. The molecule has 0 heterocycles. The molecule has 1 atom stereocenters. The number of hydrogen-bond acceptors (Lipinski definition) is 3. The smallest absolute Gasteiger partial charge is 0.334 e. The number of nitrogens with one attached hydrogen (secondary N) is 2. The average molecular weight is 260 g/mol. The summed E-state index contributed by atoms with van der Waals surface area (Å²) in [4.78, 5) is 21.4. The monoisotopic (exact) mass is 260 g/mol. The van der Waals surface area contributed by atoms with Gasteiger partial charge < -0.3 is 20.8 Å². The summed E-state index contributed by atoms with van der Waals surface area (Å²) in [7, 11) is 0. The Bertz CT molecular complexity index is 467. The number of carbonyl (C=O) groups is 2. The Hall–Kier alpha value is -2.22. The van der Waals surface area contributed by atoms with E-state index < -0.39 is 42.0 Å². The molecule has 1 unspecified atom stereocenters. The molecule has 8 heteroatoms. The number of aliphatic carboxylic acids is 1. The molecule has 2 amide bonds. The molecule has 0 radical (unpaired) electrons. The maximum absolute atomic E-state index is 13.1. The van der Waals surface area contributed by atoms with Gasteiger partial charge in [-0.1, -0.05) is 0 Å². The Morgan fingerprint density at radius 1 is 1.33 bits per heavy atom. The van der Waals surface area contributed by atoms with Gasteiger partial charge in [0, 0.05) is 6.07 Å². The van der Waals surface area contributed by atoms with E-state index in [1.54, 1.807) is 0 Å². The molecule has 1 rings (SSSR count). The van der Waals surface area contributed by atoms with Crippen LogP contribution >= 0.6 is 0 Å². The van der Waals surface area contributed by atoms with E-state index in [0.717, 1.165) is 18.2 Å². The van der Waals surface area contributed by atoms with Gasteiger partial charge in [0.05, 0.1) is 12.2 Å². The molecular weight excluding hydrogens is 250 g/mol. The first-order chi connectivity index (χ1) is 8.40. The molecule has 0 aliphatic carbocycles. The molecule has 0 spiro atoms. The van der Waals surface area contributed by atoms with Gasteiger partial charge in [0.1, 0.15) is 11.6 Å². The number of rotatable bonds is 4. The second-order valence-electron chi connectivity index (χ2n) is 3.31. The molecule has 6 nitrogen and oxygen atoms in total. The van der Waals surface area contributed by atoms with E-state index in [1.807, 2.05) is 10.6 Å². The number of benzene rings is 1. The average Bonchev–Trinajstić information content (AvgIpc) is 2.30. The number of amides is 2. The Balaban J connectivity index is 2.54. The summed E-state index contributed by atoms with van der Waals surface area (Å²) >= 11 is 0. The van der Waals surface area contributed by atoms with Gasteiger partial charge in [-0.2, -0.15) is 0 Å². The minimum atomic E-state index is -1.77. The third-order valence-corrected chi connectivity index (χ3v) is 1.92. The van der Waals surface area contributed by atoms with Crippen LogP contribution < -0.4 is 10.6 Å². The molecule has 98 valence electrons. The second kappa shape index (κ2) is 5.92. The number of urea groups is 1. The van der Waals surface area contributed by atoms with Crippen molar-refractivity contribution in [1.29, 1.82) is 0 Å². The van der Waals surface area contributed by atoms with Gasteiger partial charge >= 0.3 is 12.0 Å². The maximum Gasteiger partial charge on any atom is 0.334 e. The van der Waals surface area contributed by atoms with E-state index in [4.69, 9.17) is 10.2 Å². The molecule has 18 heavy (non-hydrogen) atoms. The van der Waals surface area contributed by atoms with Gasteiger partial charge in [-0.15, -0.1) is 0 Å². The number of hydrogen-bond donors (Lipinski definition) is 4. The van der Waals surface area contributed by atoms with Crippen molar-refractivity contribution in [3.63, 3.8) is 0 Å². The topological polar surface area (TPSA) is 98.7 Å². The normalized spacial score (nSPS) is 11.7. The van der Waals surface area contributed by atoms with Crippen molar-refractivity contribution in [2.75, 3.05) is 11.9 Å².